The second-order valence-corrected chi connectivity index (χ2v) is 5.00. The van der Waals surface area contributed by atoms with Gasteiger partial charge in [0.25, 0.3) is 0 Å². The summed E-state index contributed by atoms with van der Waals surface area (Å²) in [4.78, 5) is 0. The molecule has 15 heavy (non-hydrogen) atoms. The van der Waals surface area contributed by atoms with Gasteiger partial charge in [0, 0.05) is 11.5 Å². The SMILES string of the molecule is CNC(C1=CCCCO1)C1CSCCO1. The zero-order valence-corrected chi connectivity index (χ0v) is 10.0. The molecule has 0 aliphatic carbocycles. The van der Waals surface area contributed by atoms with Crippen LogP contribution in [0.5, 0.6) is 0 Å². The van der Waals surface area contributed by atoms with Gasteiger partial charge in [-0.15, -0.1) is 0 Å². The van der Waals surface area contributed by atoms with Crippen LogP contribution in [0, 0.1) is 0 Å². The van der Waals surface area contributed by atoms with Crippen molar-refractivity contribution in [2.75, 3.05) is 31.8 Å². The van der Waals surface area contributed by atoms with E-state index in [-0.39, 0.29) is 12.1 Å². The number of thioether (sulfide) groups is 1. The maximum absolute atomic E-state index is 5.78. The average Bonchev–Trinajstić information content (AvgIpc) is 2.33. The first kappa shape index (κ1) is 11.3. The minimum atomic E-state index is 0.234. The van der Waals surface area contributed by atoms with E-state index >= 15 is 0 Å². The fourth-order valence-corrected chi connectivity index (χ4v) is 2.90. The molecule has 1 N–H and O–H groups in total. The van der Waals surface area contributed by atoms with Crippen molar-refractivity contribution >= 4 is 11.8 Å². The van der Waals surface area contributed by atoms with E-state index in [9.17, 15) is 0 Å². The Kier molecular flexibility index (Phi) is 4.35. The number of nitrogens with one attached hydrogen (secondary N) is 1. The average molecular weight is 229 g/mol. The molecule has 0 aromatic rings. The fourth-order valence-electron chi connectivity index (χ4n) is 2.00. The van der Waals surface area contributed by atoms with Gasteiger partial charge in [-0.3, -0.25) is 0 Å². The van der Waals surface area contributed by atoms with Gasteiger partial charge in [-0.1, -0.05) is 0 Å². The summed E-state index contributed by atoms with van der Waals surface area (Å²) in [6.07, 6.45) is 4.74. The second-order valence-electron chi connectivity index (χ2n) is 3.85. The molecule has 86 valence electrons. The van der Waals surface area contributed by atoms with Crippen molar-refractivity contribution in [3.8, 4) is 0 Å². The molecule has 3 nitrogen and oxygen atoms in total. The number of allylic oxidation sites excluding steroid dienone is 1. The van der Waals surface area contributed by atoms with Crippen LogP contribution in [-0.4, -0.2) is 43.9 Å². The highest BCUT2D eigenvalue weighted by molar-refractivity contribution is 7.99. The molecule has 2 aliphatic rings. The first-order chi connectivity index (χ1) is 7.42. The van der Waals surface area contributed by atoms with Crippen LogP contribution in [0.4, 0.5) is 0 Å². The van der Waals surface area contributed by atoms with Gasteiger partial charge < -0.3 is 14.8 Å². The summed E-state index contributed by atoms with van der Waals surface area (Å²) in [6.45, 7) is 1.71. The highest BCUT2D eigenvalue weighted by Gasteiger charge is 2.28. The van der Waals surface area contributed by atoms with Gasteiger partial charge in [0.2, 0.25) is 0 Å². The smallest absolute Gasteiger partial charge is 0.112 e. The van der Waals surface area contributed by atoms with Crippen LogP contribution in [0.3, 0.4) is 0 Å². The van der Waals surface area contributed by atoms with E-state index in [1.807, 2.05) is 18.8 Å². The lowest BCUT2D eigenvalue weighted by Gasteiger charge is -2.32. The van der Waals surface area contributed by atoms with Crippen molar-refractivity contribution in [1.82, 2.24) is 5.32 Å². The Bertz CT molecular complexity index is 227. The summed E-state index contributed by atoms with van der Waals surface area (Å²) in [5.41, 5.74) is 0. The molecule has 1 saturated heterocycles. The van der Waals surface area contributed by atoms with Crippen LogP contribution in [0.2, 0.25) is 0 Å². The molecule has 2 aliphatic heterocycles. The van der Waals surface area contributed by atoms with Gasteiger partial charge in [-0.25, -0.2) is 0 Å². The second kappa shape index (κ2) is 5.77. The Morgan fingerprint density at radius 1 is 1.53 bits per heavy atom. The molecule has 1 fully saturated rings. The topological polar surface area (TPSA) is 30.5 Å². The number of rotatable bonds is 3. The van der Waals surface area contributed by atoms with Gasteiger partial charge in [0.1, 0.15) is 5.76 Å². The summed E-state index contributed by atoms with van der Waals surface area (Å²) in [5, 5.41) is 3.31. The lowest BCUT2D eigenvalue weighted by Crippen LogP contribution is -2.45. The maximum Gasteiger partial charge on any atom is 0.112 e. The molecule has 2 rings (SSSR count). The van der Waals surface area contributed by atoms with Crippen molar-refractivity contribution < 1.29 is 9.47 Å². The zero-order valence-electron chi connectivity index (χ0n) is 9.20. The summed E-state index contributed by atoms with van der Waals surface area (Å²) >= 11 is 1.96. The molecular formula is C11H19NO2S. The Labute approximate surface area is 95.6 Å². The molecule has 2 atom stereocenters. The van der Waals surface area contributed by atoms with Crippen LogP contribution in [-0.2, 0) is 9.47 Å². The molecule has 2 heterocycles. The van der Waals surface area contributed by atoms with Crippen molar-refractivity contribution in [2.24, 2.45) is 0 Å². The van der Waals surface area contributed by atoms with E-state index < -0.39 is 0 Å². The molecular weight excluding hydrogens is 210 g/mol. The van der Waals surface area contributed by atoms with Crippen molar-refractivity contribution in [3.05, 3.63) is 11.8 Å². The summed E-state index contributed by atoms with van der Waals surface area (Å²) in [6, 6.07) is 0.234. The summed E-state index contributed by atoms with van der Waals surface area (Å²) in [7, 11) is 1.98. The summed E-state index contributed by atoms with van der Waals surface area (Å²) < 4.78 is 11.5. The fraction of sp³-hybridized carbons (Fsp3) is 0.818. The predicted molar refractivity (Wildman–Crippen MR) is 63.2 cm³/mol. The molecule has 0 amide bonds. The summed E-state index contributed by atoms with van der Waals surface area (Å²) in [5.74, 6) is 3.26. The normalized spacial score (nSPS) is 29.1. The molecule has 2 unspecified atom stereocenters. The van der Waals surface area contributed by atoms with Gasteiger partial charge >= 0.3 is 0 Å². The van der Waals surface area contributed by atoms with E-state index in [4.69, 9.17) is 9.47 Å². The number of likely N-dealkylation sites (N-methyl/N-ethyl adjacent to an activating group) is 1. The van der Waals surface area contributed by atoms with Crippen LogP contribution in [0.25, 0.3) is 0 Å². The minimum absolute atomic E-state index is 0.234. The quantitative estimate of drug-likeness (QED) is 0.792. The Morgan fingerprint density at radius 2 is 2.47 bits per heavy atom. The van der Waals surface area contributed by atoms with Crippen molar-refractivity contribution in [3.63, 3.8) is 0 Å². The van der Waals surface area contributed by atoms with Crippen LogP contribution < -0.4 is 5.32 Å². The lowest BCUT2D eigenvalue weighted by atomic mass is 10.1. The first-order valence-corrected chi connectivity index (χ1v) is 6.77. The third-order valence-electron chi connectivity index (χ3n) is 2.79. The highest BCUT2D eigenvalue weighted by atomic mass is 32.2. The van der Waals surface area contributed by atoms with Crippen LogP contribution in [0.15, 0.2) is 11.8 Å². The largest absolute Gasteiger partial charge is 0.496 e. The molecule has 0 aromatic heterocycles. The maximum atomic E-state index is 5.78. The first-order valence-electron chi connectivity index (χ1n) is 5.61. The third-order valence-corrected chi connectivity index (χ3v) is 3.81. The van der Waals surface area contributed by atoms with E-state index in [1.165, 1.54) is 0 Å². The van der Waals surface area contributed by atoms with Crippen molar-refractivity contribution in [2.45, 2.75) is 25.0 Å². The Morgan fingerprint density at radius 3 is 3.07 bits per heavy atom. The number of hydrogen-bond donors (Lipinski definition) is 1. The van der Waals surface area contributed by atoms with E-state index in [1.54, 1.807) is 0 Å². The molecule has 0 aromatic carbocycles. The standard InChI is InChI=1S/C11H19NO2S/c1-12-11(9-4-2-3-5-13-9)10-8-15-7-6-14-10/h4,10-12H,2-3,5-8H2,1H3. The van der Waals surface area contributed by atoms with E-state index in [0.29, 0.717) is 0 Å². The molecule has 0 saturated carbocycles. The van der Waals surface area contributed by atoms with Gasteiger partial charge in [-0.2, -0.15) is 11.8 Å². The lowest BCUT2D eigenvalue weighted by molar-refractivity contribution is 0.0362. The van der Waals surface area contributed by atoms with Gasteiger partial charge in [-0.05, 0) is 26.0 Å². The van der Waals surface area contributed by atoms with Gasteiger partial charge in [0.05, 0.1) is 25.4 Å². The van der Waals surface area contributed by atoms with E-state index in [0.717, 1.165) is 43.3 Å². The minimum Gasteiger partial charge on any atom is -0.496 e. The number of hydrogen-bond acceptors (Lipinski definition) is 4. The molecule has 0 spiro atoms. The molecule has 0 bridgehead atoms. The monoisotopic (exact) mass is 229 g/mol. The van der Waals surface area contributed by atoms with E-state index in [2.05, 4.69) is 11.4 Å². The number of ether oxygens (including phenoxy) is 2. The third kappa shape index (κ3) is 2.89. The highest BCUT2D eigenvalue weighted by Crippen LogP contribution is 2.22. The molecule has 4 heteroatoms. The predicted octanol–water partition coefficient (Wildman–Crippen LogP) is 1.40. The van der Waals surface area contributed by atoms with Crippen LogP contribution in [0.1, 0.15) is 12.8 Å². The van der Waals surface area contributed by atoms with Crippen LogP contribution >= 0.6 is 11.8 Å². The Hall–Kier alpha value is -0.190. The zero-order chi connectivity index (χ0) is 10.5. The van der Waals surface area contributed by atoms with Crippen molar-refractivity contribution in [1.29, 1.82) is 0 Å². The molecule has 0 radical (unpaired) electrons. The Balaban J connectivity index is 1.98. The van der Waals surface area contributed by atoms with Gasteiger partial charge in [0.15, 0.2) is 0 Å².